The molecule has 0 saturated heterocycles. The zero-order chi connectivity index (χ0) is 13.5. The van der Waals surface area contributed by atoms with Gasteiger partial charge in [-0.1, -0.05) is 12.1 Å². The van der Waals surface area contributed by atoms with Crippen molar-refractivity contribution in [3.05, 3.63) is 29.3 Å². The van der Waals surface area contributed by atoms with Gasteiger partial charge in [0.05, 0.1) is 6.61 Å². The molecule has 1 aromatic carbocycles. The third-order valence-electron chi connectivity index (χ3n) is 3.88. The highest BCUT2D eigenvalue weighted by molar-refractivity contribution is 5.56. The van der Waals surface area contributed by atoms with Crippen LogP contribution < -0.4 is 11.1 Å². The summed E-state index contributed by atoms with van der Waals surface area (Å²) in [5.74, 6) is 0. The molecule has 0 radical (unpaired) electrons. The smallest absolute Gasteiger partial charge is 0.0664 e. The summed E-state index contributed by atoms with van der Waals surface area (Å²) in [5.41, 5.74) is 9.95. The molecule has 0 saturated carbocycles. The molecule has 0 bridgehead atoms. The molecule has 1 unspecified atom stereocenters. The quantitative estimate of drug-likeness (QED) is 0.794. The maximum absolute atomic E-state index is 5.61. The summed E-state index contributed by atoms with van der Waals surface area (Å²) in [7, 11) is 1.76. The normalized spacial score (nSPS) is 15.9. The Kier molecular flexibility index (Phi) is 5.67. The number of anilines is 1. The third-order valence-corrected chi connectivity index (χ3v) is 3.88. The summed E-state index contributed by atoms with van der Waals surface area (Å²) in [6.07, 6.45) is 7.16. The average Bonchev–Trinajstić information content (AvgIpc) is 2.45. The van der Waals surface area contributed by atoms with Crippen molar-refractivity contribution in [2.75, 3.05) is 25.6 Å². The van der Waals surface area contributed by atoms with Gasteiger partial charge in [-0.2, -0.15) is 0 Å². The van der Waals surface area contributed by atoms with E-state index in [1.54, 1.807) is 7.11 Å². The molecule has 2 rings (SSSR count). The maximum atomic E-state index is 5.61. The lowest BCUT2D eigenvalue weighted by atomic mass is 9.90. The van der Waals surface area contributed by atoms with E-state index < -0.39 is 0 Å². The first-order chi connectivity index (χ1) is 9.35. The van der Waals surface area contributed by atoms with Gasteiger partial charge >= 0.3 is 0 Å². The summed E-state index contributed by atoms with van der Waals surface area (Å²) in [5, 5.41) is 3.66. The fourth-order valence-corrected chi connectivity index (χ4v) is 2.90. The fraction of sp³-hybridized carbons (Fsp3) is 0.625. The van der Waals surface area contributed by atoms with Gasteiger partial charge in [0.25, 0.3) is 0 Å². The van der Waals surface area contributed by atoms with Crippen molar-refractivity contribution >= 4 is 5.69 Å². The Labute approximate surface area is 116 Å². The van der Waals surface area contributed by atoms with E-state index in [2.05, 4.69) is 23.5 Å². The molecule has 0 fully saturated rings. The van der Waals surface area contributed by atoms with Crippen LogP contribution in [0.2, 0.25) is 0 Å². The van der Waals surface area contributed by atoms with Crippen LogP contribution >= 0.6 is 0 Å². The van der Waals surface area contributed by atoms with Gasteiger partial charge in [-0.3, -0.25) is 0 Å². The minimum absolute atomic E-state index is 0.363. The first-order valence-electron chi connectivity index (χ1n) is 7.41. The number of hydrogen-bond acceptors (Lipinski definition) is 3. The Morgan fingerprint density at radius 3 is 2.95 bits per heavy atom. The molecule has 1 aromatic rings. The fourth-order valence-electron chi connectivity index (χ4n) is 2.90. The van der Waals surface area contributed by atoms with Crippen molar-refractivity contribution in [3.8, 4) is 0 Å². The van der Waals surface area contributed by atoms with Gasteiger partial charge in [0.1, 0.15) is 0 Å². The Bertz CT molecular complexity index is 392. The van der Waals surface area contributed by atoms with Crippen LogP contribution in [0.15, 0.2) is 18.2 Å². The zero-order valence-electron chi connectivity index (χ0n) is 12.0. The van der Waals surface area contributed by atoms with Crippen LogP contribution in [0.3, 0.4) is 0 Å². The number of nitrogens with two attached hydrogens (primary N) is 1. The van der Waals surface area contributed by atoms with Crippen molar-refractivity contribution in [3.63, 3.8) is 0 Å². The predicted molar refractivity (Wildman–Crippen MR) is 80.7 cm³/mol. The Balaban J connectivity index is 2.07. The molecule has 0 amide bonds. The second kappa shape index (κ2) is 7.51. The summed E-state index contributed by atoms with van der Waals surface area (Å²) in [6.45, 7) is 1.48. The largest absolute Gasteiger partial charge is 0.383 e. The monoisotopic (exact) mass is 262 g/mol. The van der Waals surface area contributed by atoms with Crippen LogP contribution in [0.25, 0.3) is 0 Å². The van der Waals surface area contributed by atoms with E-state index in [1.807, 2.05) is 0 Å². The molecule has 19 heavy (non-hydrogen) atoms. The molecule has 0 aromatic heterocycles. The number of methoxy groups -OCH3 is 1. The molecule has 1 aliphatic carbocycles. The number of nitrogens with one attached hydrogen (secondary N) is 1. The minimum atomic E-state index is 0.363. The first-order valence-corrected chi connectivity index (χ1v) is 7.41. The van der Waals surface area contributed by atoms with Crippen LogP contribution in [-0.4, -0.2) is 26.3 Å². The summed E-state index contributed by atoms with van der Waals surface area (Å²) >= 11 is 0. The highest BCUT2D eigenvalue weighted by Crippen LogP contribution is 2.28. The van der Waals surface area contributed by atoms with Gasteiger partial charge in [-0.15, -0.1) is 0 Å². The molecular formula is C16H26N2O. The number of rotatable bonds is 7. The second-order valence-corrected chi connectivity index (χ2v) is 5.38. The highest BCUT2D eigenvalue weighted by atomic mass is 16.5. The van der Waals surface area contributed by atoms with Crippen LogP contribution in [-0.2, 0) is 17.6 Å². The third kappa shape index (κ3) is 3.95. The van der Waals surface area contributed by atoms with Crippen molar-refractivity contribution < 1.29 is 4.74 Å². The van der Waals surface area contributed by atoms with Crippen LogP contribution in [0.5, 0.6) is 0 Å². The molecule has 0 aliphatic heterocycles. The molecule has 3 nitrogen and oxygen atoms in total. The van der Waals surface area contributed by atoms with Crippen LogP contribution in [0, 0.1) is 0 Å². The van der Waals surface area contributed by atoms with Gasteiger partial charge in [0.15, 0.2) is 0 Å². The van der Waals surface area contributed by atoms with Gasteiger partial charge in [-0.05, 0) is 62.3 Å². The number of aryl methyl sites for hydroxylation is 1. The van der Waals surface area contributed by atoms with Gasteiger partial charge in [0, 0.05) is 18.8 Å². The molecule has 3 N–H and O–H groups in total. The lowest BCUT2D eigenvalue weighted by molar-refractivity contribution is 0.182. The molecule has 106 valence electrons. The molecular weight excluding hydrogens is 236 g/mol. The average molecular weight is 262 g/mol. The molecule has 1 atom stereocenters. The van der Waals surface area contributed by atoms with E-state index in [-0.39, 0.29) is 0 Å². The van der Waals surface area contributed by atoms with Crippen molar-refractivity contribution in [2.45, 2.75) is 44.6 Å². The second-order valence-electron chi connectivity index (χ2n) is 5.38. The first kappa shape index (κ1) is 14.4. The maximum Gasteiger partial charge on any atom is 0.0664 e. The molecule has 1 aliphatic rings. The zero-order valence-corrected chi connectivity index (χ0v) is 12.0. The molecule has 0 spiro atoms. The SMILES string of the molecule is COCC(CCCN)Nc1cccc2c1CCCC2. The van der Waals surface area contributed by atoms with Gasteiger partial charge in [0.2, 0.25) is 0 Å². The number of hydrogen-bond donors (Lipinski definition) is 2. The summed E-state index contributed by atoms with van der Waals surface area (Å²) in [4.78, 5) is 0. The van der Waals surface area contributed by atoms with Gasteiger partial charge in [-0.25, -0.2) is 0 Å². The Morgan fingerprint density at radius 1 is 1.32 bits per heavy atom. The number of ether oxygens (including phenoxy) is 1. The number of benzene rings is 1. The minimum Gasteiger partial charge on any atom is -0.383 e. The number of fused-ring (bicyclic) bond motifs is 1. The van der Waals surface area contributed by atoms with Crippen molar-refractivity contribution in [1.29, 1.82) is 0 Å². The summed E-state index contributed by atoms with van der Waals surface area (Å²) < 4.78 is 5.31. The van der Waals surface area contributed by atoms with Crippen molar-refractivity contribution in [2.24, 2.45) is 5.73 Å². The van der Waals surface area contributed by atoms with Crippen LogP contribution in [0.1, 0.15) is 36.8 Å². The topological polar surface area (TPSA) is 47.3 Å². The van der Waals surface area contributed by atoms with Crippen molar-refractivity contribution in [1.82, 2.24) is 0 Å². The van der Waals surface area contributed by atoms with E-state index in [1.165, 1.54) is 42.5 Å². The van der Waals surface area contributed by atoms with E-state index in [9.17, 15) is 0 Å². The lowest BCUT2D eigenvalue weighted by Crippen LogP contribution is -2.26. The van der Waals surface area contributed by atoms with Crippen LogP contribution in [0.4, 0.5) is 5.69 Å². The highest BCUT2D eigenvalue weighted by Gasteiger charge is 2.15. The summed E-state index contributed by atoms with van der Waals surface area (Å²) in [6, 6.07) is 7.00. The van der Waals surface area contributed by atoms with E-state index in [0.717, 1.165) is 26.0 Å². The standard InChI is InChI=1S/C16H26N2O/c1-19-12-14(8-5-11-17)18-16-10-4-7-13-6-2-3-9-15(13)16/h4,7,10,14,18H,2-3,5-6,8-9,11-12,17H2,1H3. The molecule has 0 heterocycles. The van der Waals surface area contributed by atoms with E-state index in [4.69, 9.17) is 10.5 Å². The Morgan fingerprint density at radius 2 is 2.16 bits per heavy atom. The van der Waals surface area contributed by atoms with E-state index >= 15 is 0 Å². The molecule has 3 heteroatoms. The van der Waals surface area contributed by atoms with Gasteiger partial charge < -0.3 is 15.8 Å². The van der Waals surface area contributed by atoms with E-state index in [0.29, 0.717) is 6.04 Å². The predicted octanol–water partition coefficient (Wildman–Crippen LogP) is 2.73. The lowest BCUT2D eigenvalue weighted by Gasteiger charge is -2.24. The Hall–Kier alpha value is -1.06.